The van der Waals surface area contributed by atoms with Crippen LogP contribution >= 0.6 is 0 Å². The van der Waals surface area contributed by atoms with Crippen molar-refractivity contribution in [3.63, 3.8) is 0 Å². The Morgan fingerprint density at radius 3 is 2.70 bits per heavy atom. The standard InChI is InChI=1S/C25H34O5/c1-23-10-8-16-14-18(26)6-7-19(16)20(23)9-11-24(2)22(23)17(4-3-5-21(27)28)15-25(24)29-12-13-30-25/h6-7,14,17,20,22,26H,3-5,8-13,15H2,1-2H3,(H,27,28)/t17-,20+,22-,23+,24-/m0/s1. The van der Waals surface area contributed by atoms with Crippen LogP contribution in [0.1, 0.15) is 75.8 Å². The number of aryl methyl sites for hydroxylation is 1. The lowest BCUT2D eigenvalue weighted by atomic mass is 9.46. The van der Waals surface area contributed by atoms with E-state index in [0.717, 1.165) is 38.5 Å². The van der Waals surface area contributed by atoms with E-state index >= 15 is 0 Å². The van der Waals surface area contributed by atoms with Crippen molar-refractivity contribution in [2.24, 2.45) is 22.7 Å². The van der Waals surface area contributed by atoms with Gasteiger partial charge in [-0.25, -0.2) is 0 Å². The summed E-state index contributed by atoms with van der Waals surface area (Å²) in [5, 5.41) is 19.2. The van der Waals surface area contributed by atoms with E-state index in [2.05, 4.69) is 19.9 Å². The highest BCUT2D eigenvalue weighted by molar-refractivity contribution is 5.66. The summed E-state index contributed by atoms with van der Waals surface area (Å²) in [4.78, 5) is 11.2. The van der Waals surface area contributed by atoms with E-state index in [9.17, 15) is 15.0 Å². The van der Waals surface area contributed by atoms with E-state index in [4.69, 9.17) is 9.47 Å². The van der Waals surface area contributed by atoms with E-state index < -0.39 is 11.8 Å². The van der Waals surface area contributed by atoms with Crippen LogP contribution in [0.3, 0.4) is 0 Å². The predicted molar refractivity (Wildman–Crippen MR) is 112 cm³/mol. The number of hydrogen-bond acceptors (Lipinski definition) is 4. The van der Waals surface area contributed by atoms with Gasteiger partial charge in [0.05, 0.1) is 13.2 Å². The quantitative estimate of drug-likeness (QED) is 0.736. The van der Waals surface area contributed by atoms with Crippen LogP contribution < -0.4 is 0 Å². The lowest BCUT2D eigenvalue weighted by Crippen LogP contribution is -2.55. The first kappa shape index (κ1) is 20.3. The molecule has 3 aliphatic carbocycles. The Morgan fingerprint density at radius 1 is 1.20 bits per heavy atom. The molecule has 1 heterocycles. The number of fused-ring (bicyclic) bond motifs is 6. The summed E-state index contributed by atoms with van der Waals surface area (Å²) in [6, 6.07) is 5.93. The number of phenolic OH excluding ortho intramolecular Hbond substituents is 1. The number of benzene rings is 1. The van der Waals surface area contributed by atoms with Gasteiger partial charge in [-0.3, -0.25) is 4.79 Å². The van der Waals surface area contributed by atoms with Crippen LogP contribution in [0.15, 0.2) is 18.2 Å². The summed E-state index contributed by atoms with van der Waals surface area (Å²) < 4.78 is 12.7. The number of hydrogen-bond donors (Lipinski definition) is 2. The maximum Gasteiger partial charge on any atom is 0.303 e. The van der Waals surface area contributed by atoms with Gasteiger partial charge in [-0.15, -0.1) is 0 Å². The Labute approximate surface area is 178 Å². The number of rotatable bonds is 4. The molecule has 5 nitrogen and oxygen atoms in total. The molecule has 2 saturated carbocycles. The van der Waals surface area contributed by atoms with Crippen LogP contribution in [0.5, 0.6) is 5.75 Å². The molecule has 1 saturated heterocycles. The van der Waals surface area contributed by atoms with Crippen molar-refractivity contribution in [3.05, 3.63) is 29.3 Å². The third-order valence-electron chi connectivity index (χ3n) is 9.17. The molecule has 2 N–H and O–H groups in total. The summed E-state index contributed by atoms with van der Waals surface area (Å²) in [6.07, 6.45) is 7.01. The Balaban J connectivity index is 1.53. The molecule has 164 valence electrons. The van der Waals surface area contributed by atoms with Gasteiger partial charge in [0.1, 0.15) is 5.75 Å². The maximum atomic E-state index is 11.2. The molecule has 4 aliphatic rings. The molecular weight excluding hydrogens is 380 g/mol. The molecule has 1 aliphatic heterocycles. The molecule has 0 aromatic heterocycles. The zero-order valence-electron chi connectivity index (χ0n) is 18.2. The number of carbonyl (C=O) groups is 1. The molecule has 5 rings (SSSR count). The number of carboxylic acid groups (broad SMARTS) is 1. The van der Waals surface area contributed by atoms with E-state index in [1.54, 1.807) is 0 Å². The molecule has 3 fully saturated rings. The number of phenols is 1. The van der Waals surface area contributed by atoms with Crippen molar-refractivity contribution in [3.8, 4) is 5.75 Å². The van der Waals surface area contributed by atoms with Gasteiger partial charge in [0.2, 0.25) is 0 Å². The minimum atomic E-state index is -0.710. The van der Waals surface area contributed by atoms with Gasteiger partial charge in [-0.2, -0.15) is 0 Å². The summed E-state index contributed by atoms with van der Waals surface area (Å²) in [5.74, 6) is 0.472. The Bertz CT molecular complexity index is 844. The number of aliphatic carboxylic acids is 1. The molecule has 0 bridgehead atoms. The fourth-order valence-electron chi connectivity index (χ4n) is 8.14. The van der Waals surface area contributed by atoms with E-state index in [1.807, 2.05) is 12.1 Å². The van der Waals surface area contributed by atoms with E-state index in [-0.39, 0.29) is 17.3 Å². The van der Waals surface area contributed by atoms with Crippen LogP contribution in [-0.2, 0) is 20.7 Å². The first-order chi connectivity index (χ1) is 14.3. The molecule has 0 radical (unpaired) electrons. The van der Waals surface area contributed by atoms with E-state index in [1.165, 1.54) is 11.1 Å². The molecule has 1 spiro atoms. The summed E-state index contributed by atoms with van der Waals surface area (Å²) in [6.45, 7) is 6.17. The fourth-order valence-corrected chi connectivity index (χ4v) is 8.14. The Kier molecular flexibility index (Phi) is 4.71. The largest absolute Gasteiger partial charge is 0.508 e. The molecular formula is C25H34O5. The van der Waals surface area contributed by atoms with Crippen LogP contribution in [0, 0.1) is 22.7 Å². The van der Waals surface area contributed by atoms with Crippen molar-refractivity contribution in [1.82, 2.24) is 0 Å². The number of aromatic hydroxyl groups is 1. The zero-order valence-corrected chi connectivity index (χ0v) is 18.2. The van der Waals surface area contributed by atoms with Crippen LogP contribution in [-0.4, -0.2) is 35.2 Å². The van der Waals surface area contributed by atoms with Gasteiger partial charge >= 0.3 is 5.97 Å². The smallest absolute Gasteiger partial charge is 0.303 e. The molecule has 1 aromatic carbocycles. The maximum absolute atomic E-state index is 11.2. The molecule has 1 aromatic rings. The minimum absolute atomic E-state index is 0.0446. The third kappa shape index (κ3) is 2.77. The second-order valence-electron chi connectivity index (χ2n) is 10.6. The second kappa shape index (κ2) is 6.96. The van der Waals surface area contributed by atoms with Gasteiger partial charge < -0.3 is 19.7 Å². The van der Waals surface area contributed by atoms with Gasteiger partial charge in [0, 0.05) is 18.3 Å². The normalized spacial score (nSPS) is 38.8. The summed E-state index contributed by atoms with van der Waals surface area (Å²) in [7, 11) is 0. The minimum Gasteiger partial charge on any atom is -0.508 e. The van der Waals surface area contributed by atoms with Crippen molar-refractivity contribution < 1.29 is 24.5 Å². The highest BCUT2D eigenvalue weighted by atomic mass is 16.7. The highest BCUT2D eigenvalue weighted by Gasteiger charge is 2.71. The van der Waals surface area contributed by atoms with Gasteiger partial charge in [-0.1, -0.05) is 19.9 Å². The topological polar surface area (TPSA) is 76.0 Å². The molecule has 5 atom stereocenters. The third-order valence-corrected chi connectivity index (χ3v) is 9.17. The zero-order chi connectivity index (χ0) is 21.1. The van der Waals surface area contributed by atoms with Crippen molar-refractivity contribution >= 4 is 5.97 Å². The highest BCUT2D eigenvalue weighted by Crippen LogP contribution is 2.72. The first-order valence-electron chi connectivity index (χ1n) is 11.6. The van der Waals surface area contributed by atoms with Crippen LogP contribution in [0.2, 0.25) is 0 Å². The number of ether oxygens (including phenoxy) is 2. The van der Waals surface area contributed by atoms with Crippen molar-refractivity contribution in [2.45, 2.75) is 76.9 Å². The number of carboxylic acids is 1. The summed E-state index contributed by atoms with van der Waals surface area (Å²) in [5.41, 5.74) is 2.78. The molecule has 5 heteroatoms. The summed E-state index contributed by atoms with van der Waals surface area (Å²) >= 11 is 0. The van der Waals surface area contributed by atoms with Crippen LogP contribution in [0.25, 0.3) is 0 Å². The molecule has 30 heavy (non-hydrogen) atoms. The van der Waals surface area contributed by atoms with Crippen molar-refractivity contribution in [2.75, 3.05) is 13.2 Å². The SMILES string of the molecule is C[C@@]12CCc3cc(O)ccc3[C@H]1CC[C@@]1(C)[C@H]2[C@@H](CCCC(=O)O)CC12OCCO2. The fraction of sp³-hybridized carbons (Fsp3) is 0.720. The first-order valence-corrected chi connectivity index (χ1v) is 11.6. The lowest BCUT2D eigenvalue weighted by molar-refractivity contribution is -0.244. The van der Waals surface area contributed by atoms with E-state index in [0.29, 0.717) is 43.1 Å². The van der Waals surface area contributed by atoms with Crippen molar-refractivity contribution in [1.29, 1.82) is 0 Å². The second-order valence-corrected chi connectivity index (χ2v) is 10.6. The molecule has 0 unspecified atom stereocenters. The van der Waals surface area contributed by atoms with Gasteiger partial charge in [0.25, 0.3) is 0 Å². The van der Waals surface area contributed by atoms with Gasteiger partial charge in [-0.05, 0) is 85.0 Å². The van der Waals surface area contributed by atoms with Gasteiger partial charge in [0.15, 0.2) is 5.79 Å². The van der Waals surface area contributed by atoms with Crippen LogP contribution in [0.4, 0.5) is 0 Å². The Hall–Kier alpha value is -1.59. The predicted octanol–water partition coefficient (Wildman–Crippen LogP) is 4.86. The monoisotopic (exact) mass is 414 g/mol. The molecule has 0 amide bonds. The average molecular weight is 415 g/mol. The Morgan fingerprint density at radius 2 is 1.97 bits per heavy atom. The lowest BCUT2D eigenvalue weighted by Gasteiger charge is -2.59. The average Bonchev–Trinajstić information content (AvgIpc) is 3.26.